The number of oxime groups is 1. The molecular formula is C22H29N7O6S. The maximum absolute atomic E-state index is 13.3. The van der Waals surface area contributed by atoms with Gasteiger partial charge in [0, 0.05) is 44.4 Å². The number of aromatic amines is 1. The quantitative estimate of drug-likeness (QED) is 0.254. The highest BCUT2D eigenvalue weighted by molar-refractivity contribution is 7.93. The van der Waals surface area contributed by atoms with Gasteiger partial charge in [0.05, 0.1) is 11.4 Å². The smallest absolute Gasteiger partial charge is 0.341 e. The zero-order valence-electron chi connectivity index (χ0n) is 19.9. The lowest BCUT2D eigenvalue weighted by atomic mass is 9.94. The first-order chi connectivity index (χ1) is 17.0. The van der Waals surface area contributed by atoms with E-state index in [0.29, 0.717) is 36.6 Å². The van der Waals surface area contributed by atoms with Crippen LogP contribution >= 0.6 is 0 Å². The second-order valence-electron chi connectivity index (χ2n) is 9.19. The number of carboxylic acid groups (broad SMARTS) is 1. The van der Waals surface area contributed by atoms with Gasteiger partial charge < -0.3 is 36.6 Å². The van der Waals surface area contributed by atoms with Crippen molar-refractivity contribution in [3.8, 4) is 0 Å². The number of carbonyl (C=O) groups is 2. The van der Waals surface area contributed by atoms with Gasteiger partial charge >= 0.3 is 5.97 Å². The minimum Gasteiger partial charge on any atom is -0.479 e. The first kappa shape index (κ1) is 25.6. The Kier molecular flexibility index (Phi) is 6.77. The standard InChI is InChI=1S/C22H29N7O6S/c1-13-4-3-5-14(2)17(13)36(33,34)22(23,19(31)32)12-28-18(30)16-9-21(35-29-16)8-15(27-11-21)10-26-20-24-6-7-25-20/h3-7,15,27H,8-12,23H2,1-2H3,(H,28,30)(H,31,32)(H2,24,25,26)/t15?,21?,22-/m0/s1. The molecule has 1 aromatic carbocycles. The zero-order valence-corrected chi connectivity index (χ0v) is 20.7. The van der Waals surface area contributed by atoms with Crippen molar-refractivity contribution in [2.75, 3.05) is 25.0 Å². The van der Waals surface area contributed by atoms with Crippen LogP contribution in [0.15, 0.2) is 40.6 Å². The number of aromatic nitrogens is 2. The first-order valence-corrected chi connectivity index (χ1v) is 12.8. The van der Waals surface area contributed by atoms with Crippen LogP contribution < -0.4 is 21.7 Å². The van der Waals surface area contributed by atoms with Crippen LogP contribution in [0.5, 0.6) is 0 Å². The Bertz CT molecular complexity index is 1280. The van der Waals surface area contributed by atoms with E-state index in [2.05, 4.69) is 31.1 Å². The van der Waals surface area contributed by atoms with Crippen molar-refractivity contribution < 1.29 is 28.0 Å². The molecule has 2 unspecified atom stereocenters. The lowest BCUT2D eigenvalue weighted by Gasteiger charge is -2.26. The number of hydrogen-bond donors (Lipinski definition) is 6. The first-order valence-electron chi connectivity index (χ1n) is 11.3. The van der Waals surface area contributed by atoms with Crippen LogP contribution in [0.2, 0.25) is 0 Å². The Morgan fingerprint density at radius 3 is 2.69 bits per heavy atom. The van der Waals surface area contributed by atoms with Crippen LogP contribution in [-0.4, -0.2) is 77.2 Å². The maximum Gasteiger partial charge on any atom is 0.341 e. The topological polar surface area (TPSA) is 201 Å². The minimum atomic E-state index is -4.57. The fourth-order valence-corrected chi connectivity index (χ4v) is 6.34. The summed E-state index contributed by atoms with van der Waals surface area (Å²) in [6.45, 7) is 3.28. The predicted octanol–water partition coefficient (Wildman–Crippen LogP) is -0.355. The number of anilines is 1. The van der Waals surface area contributed by atoms with Gasteiger partial charge in [0.15, 0.2) is 11.5 Å². The van der Waals surface area contributed by atoms with Crippen LogP contribution in [0.3, 0.4) is 0 Å². The number of benzene rings is 1. The third kappa shape index (κ3) is 4.66. The molecule has 1 spiro atoms. The van der Waals surface area contributed by atoms with E-state index < -0.39 is 38.7 Å². The zero-order chi connectivity index (χ0) is 26.1. The van der Waals surface area contributed by atoms with Gasteiger partial charge in [-0.1, -0.05) is 23.4 Å². The summed E-state index contributed by atoms with van der Waals surface area (Å²) in [5, 5.41) is 22.5. The highest BCUT2D eigenvalue weighted by atomic mass is 32.2. The number of H-pyrrole nitrogens is 1. The highest BCUT2D eigenvalue weighted by Gasteiger charge is 2.51. The van der Waals surface area contributed by atoms with Crippen molar-refractivity contribution in [1.82, 2.24) is 20.6 Å². The molecule has 2 aliphatic rings. The van der Waals surface area contributed by atoms with E-state index in [-0.39, 0.29) is 23.1 Å². The number of carbonyl (C=O) groups excluding carboxylic acids is 1. The fraction of sp³-hybridized carbons (Fsp3) is 0.455. The van der Waals surface area contributed by atoms with Gasteiger partial charge in [0.1, 0.15) is 5.71 Å². The average Bonchev–Trinajstić information content (AvgIpc) is 3.57. The number of nitrogens with one attached hydrogen (secondary N) is 4. The summed E-state index contributed by atoms with van der Waals surface area (Å²) >= 11 is 0. The molecule has 3 atom stereocenters. The number of nitrogens with two attached hydrogens (primary N) is 1. The van der Waals surface area contributed by atoms with Crippen molar-refractivity contribution in [2.45, 2.75) is 48.1 Å². The number of sulfone groups is 1. The lowest BCUT2D eigenvalue weighted by Crippen LogP contribution is -2.62. The van der Waals surface area contributed by atoms with Crippen molar-refractivity contribution in [1.29, 1.82) is 0 Å². The van der Waals surface area contributed by atoms with Crippen LogP contribution in [0, 0.1) is 13.8 Å². The van der Waals surface area contributed by atoms with Gasteiger partial charge in [-0.25, -0.2) is 18.2 Å². The summed E-state index contributed by atoms with van der Waals surface area (Å²) in [6, 6.07) is 4.81. The molecule has 1 saturated heterocycles. The van der Waals surface area contributed by atoms with Crippen molar-refractivity contribution in [2.24, 2.45) is 10.9 Å². The summed E-state index contributed by atoms with van der Waals surface area (Å²) in [6.07, 6.45) is 4.09. The number of carboxylic acids is 1. The summed E-state index contributed by atoms with van der Waals surface area (Å²) < 4.78 is 26.6. The number of nitrogens with zero attached hydrogens (tertiary/aromatic N) is 2. The Balaban J connectivity index is 1.39. The van der Waals surface area contributed by atoms with E-state index in [9.17, 15) is 23.1 Å². The molecule has 0 bridgehead atoms. The summed E-state index contributed by atoms with van der Waals surface area (Å²) in [7, 11) is -4.57. The lowest BCUT2D eigenvalue weighted by molar-refractivity contribution is -0.139. The Hall–Kier alpha value is -3.49. The molecule has 3 heterocycles. The summed E-state index contributed by atoms with van der Waals surface area (Å²) in [4.78, 5) is 34.6. The Morgan fingerprint density at radius 1 is 1.33 bits per heavy atom. The number of aryl methyl sites for hydroxylation is 2. The molecule has 2 aromatic rings. The molecule has 13 nitrogen and oxygen atoms in total. The molecule has 14 heteroatoms. The number of amides is 1. The largest absolute Gasteiger partial charge is 0.479 e. The van der Waals surface area contributed by atoms with Crippen molar-refractivity contribution >= 4 is 33.4 Å². The van der Waals surface area contributed by atoms with Gasteiger partial charge in [-0.15, -0.1) is 0 Å². The summed E-state index contributed by atoms with van der Waals surface area (Å²) in [5.74, 6) is -1.88. The second-order valence-corrected chi connectivity index (χ2v) is 11.3. The van der Waals surface area contributed by atoms with Gasteiger partial charge in [0.25, 0.3) is 5.91 Å². The van der Waals surface area contributed by atoms with Crippen LogP contribution in [0.4, 0.5) is 5.95 Å². The third-order valence-corrected chi connectivity index (χ3v) is 8.94. The number of aliphatic carboxylic acids is 1. The molecule has 7 N–H and O–H groups in total. The van der Waals surface area contributed by atoms with Gasteiger partial charge in [-0.3, -0.25) is 4.79 Å². The molecule has 1 amide bonds. The van der Waals surface area contributed by atoms with Crippen LogP contribution in [0.25, 0.3) is 0 Å². The monoisotopic (exact) mass is 519 g/mol. The van der Waals surface area contributed by atoms with Crippen LogP contribution in [0.1, 0.15) is 24.0 Å². The molecule has 1 fully saturated rings. The van der Waals surface area contributed by atoms with E-state index in [4.69, 9.17) is 10.6 Å². The molecule has 36 heavy (non-hydrogen) atoms. The maximum atomic E-state index is 13.3. The van der Waals surface area contributed by atoms with E-state index >= 15 is 0 Å². The SMILES string of the molecule is Cc1cccc(C)c1S(=O)(=O)[C@@](N)(CNC(=O)C1=NOC2(CNC(CNc3ncc[nH]3)C2)C1)C(=O)O. The van der Waals surface area contributed by atoms with Crippen molar-refractivity contribution in [3.05, 3.63) is 41.7 Å². The molecular weight excluding hydrogens is 490 g/mol. The Labute approximate surface area is 207 Å². The normalized spacial score (nSPS) is 23.1. The second kappa shape index (κ2) is 9.52. The Morgan fingerprint density at radius 2 is 2.06 bits per heavy atom. The highest BCUT2D eigenvalue weighted by Crippen LogP contribution is 2.33. The van der Waals surface area contributed by atoms with Gasteiger partial charge in [0.2, 0.25) is 14.7 Å². The number of rotatable bonds is 9. The third-order valence-electron chi connectivity index (χ3n) is 6.48. The molecule has 2 aliphatic heterocycles. The van der Waals surface area contributed by atoms with E-state index in [1.807, 2.05) is 0 Å². The molecule has 4 rings (SSSR count). The van der Waals surface area contributed by atoms with E-state index in [1.54, 1.807) is 44.4 Å². The molecule has 1 aromatic heterocycles. The van der Waals surface area contributed by atoms with Gasteiger partial charge in [-0.05, 0) is 25.0 Å². The van der Waals surface area contributed by atoms with Crippen LogP contribution in [-0.2, 0) is 24.3 Å². The molecule has 0 radical (unpaired) electrons. The van der Waals surface area contributed by atoms with Crippen molar-refractivity contribution in [3.63, 3.8) is 0 Å². The number of hydrogen-bond acceptors (Lipinski definition) is 10. The van der Waals surface area contributed by atoms with Gasteiger partial charge in [-0.2, -0.15) is 0 Å². The summed E-state index contributed by atoms with van der Waals surface area (Å²) in [5.41, 5.74) is 5.98. The van der Waals surface area contributed by atoms with E-state index in [0.717, 1.165) is 0 Å². The molecule has 0 aliphatic carbocycles. The fourth-order valence-electron chi connectivity index (χ4n) is 4.50. The van der Waals surface area contributed by atoms with E-state index in [1.165, 1.54) is 0 Å². The predicted molar refractivity (Wildman–Crippen MR) is 130 cm³/mol. The minimum absolute atomic E-state index is 0.0358. The number of imidazole rings is 1. The molecule has 0 saturated carbocycles. The average molecular weight is 520 g/mol. The molecule has 194 valence electrons.